The van der Waals surface area contributed by atoms with Gasteiger partial charge in [0.2, 0.25) is 5.91 Å². The van der Waals surface area contributed by atoms with Crippen molar-refractivity contribution in [1.82, 2.24) is 9.80 Å². The number of benzene rings is 2. The minimum absolute atomic E-state index is 0.0382. The van der Waals surface area contributed by atoms with Crippen molar-refractivity contribution in [1.29, 1.82) is 0 Å². The van der Waals surface area contributed by atoms with Crippen LogP contribution >= 0.6 is 22.9 Å². The number of nitrogens with zero attached hydrogens (tertiary/aromatic N) is 2. The molecule has 3 aromatic rings. The summed E-state index contributed by atoms with van der Waals surface area (Å²) < 4.78 is 12.1. The largest absolute Gasteiger partial charge is 0.491 e. The number of fused-ring (bicyclic) bond motifs is 1. The summed E-state index contributed by atoms with van der Waals surface area (Å²) in [6, 6.07) is 15.0. The van der Waals surface area contributed by atoms with Crippen molar-refractivity contribution in [3.8, 4) is 5.75 Å². The number of amides is 2. The van der Waals surface area contributed by atoms with Crippen molar-refractivity contribution in [2.75, 3.05) is 32.8 Å². The number of ether oxygens (including phenoxy) is 2. The first kappa shape index (κ1) is 26.7. The summed E-state index contributed by atoms with van der Waals surface area (Å²) in [5.74, 6) is 0.462. The molecular weight excluding hydrogens is 520 g/mol. The van der Waals surface area contributed by atoms with Gasteiger partial charge >= 0.3 is 0 Å². The Hall–Kier alpha value is -2.87. The van der Waals surface area contributed by atoms with Gasteiger partial charge in [-0.2, -0.15) is 0 Å². The third-order valence-electron chi connectivity index (χ3n) is 7.31. The summed E-state index contributed by atoms with van der Waals surface area (Å²) in [4.78, 5) is 32.2. The first-order valence-electron chi connectivity index (χ1n) is 13.1. The number of carbonyl (C=O) groups is 2. The van der Waals surface area contributed by atoms with Crippen LogP contribution in [0.4, 0.5) is 0 Å². The Balaban J connectivity index is 1.37. The van der Waals surface area contributed by atoms with E-state index < -0.39 is 0 Å². The summed E-state index contributed by atoms with van der Waals surface area (Å²) in [5.41, 5.74) is 3.77. The highest BCUT2D eigenvalue weighted by Crippen LogP contribution is 2.34. The van der Waals surface area contributed by atoms with Gasteiger partial charge in [0.05, 0.1) is 22.7 Å². The second-order valence-corrected chi connectivity index (χ2v) is 11.4. The van der Waals surface area contributed by atoms with Crippen LogP contribution in [0.15, 0.2) is 53.9 Å². The molecule has 3 heterocycles. The van der Waals surface area contributed by atoms with E-state index in [0.29, 0.717) is 36.9 Å². The Labute approximate surface area is 233 Å². The number of carbonyl (C=O) groups excluding carboxylic acids is 2. The summed E-state index contributed by atoms with van der Waals surface area (Å²) in [7, 11) is 0. The smallest absolute Gasteiger partial charge is 0.255 e. The van der Waals surface area contributed by atoms with E-state index in [2.05, 4.69) is 24.4 Å². The van der Waals surface area contributed by atoms with Gasteiger partial charge in [-0.1, -0.05) is 41.4 Å². The van der Waals surface area contributed by atoms with Crippen LogP contribution in [-0.2, 0) is 16.0 Å². The number of halogens is 1. The lowest BCUT2D eigenvalue weighted by Gasteiger charge is -2.37. The second kappa shape index (κ2) is 11.9. The molecule has 0 saturated carbocycles. The predicted octanol–water partition coefficient (Wildman–Crippen LogP) is 5.84. The highest BCUT2D eigenvalue weighted by molar-refractivity contribution is 7.10. The van der Waals surface area contributed by atoms with Gasteiger partial charge in [0.25, 0.3) is 5.91 Å². The fourth-order valence-corrected chi connectivity index (χ4v) is 6.46. The van der Waals surface area contributed by atoms with Gasteiger partial charge in [-0.3, -0.25) is 9.59 Å². The van der Waals surface area contributed by atoms with Gasteiger partial charge in [-0.25, -0.2) is 0 Å². The average Bonchev–Trinajstić information content (AvgIpc) is 3.60. The van der Waals surface area contributed by atoms with E-state index in [-0.39, 0.29) is 30.5 Å². The molecule has 8 heteroatoms. The summed E-state index contributed by atoms with van der Waals surface area (Å²) in [5, 5.41) is 2.45. The monoisotopic (exact) mass is 552 g/mol. The zero-order chi connectivity index (χ0) is 26.6. The molecule has 2 aliphatic rings. The summed E-state index contributed by atoms with van der Waals surface area (Å²) >= 11 is 8.08. The predicted molar refractivity (Wildman–Crippen MR) is 150 cm³/mol. The lowest BCUT2D eigenvalue weighted by molar-refractivity contribution is -0.135. The molecule has 5 rings (SSSR count). The molecule has 0 bridgehead atoms. The number of hydrogen-bond donors (Lipinski definition) is 0. The first-order chi connectivity index (χ1) is 18.4. The number of thiophene rings is 1. The highest BCUT2D eigenvalue weighted by atomic mass is 35.5. The maximum absolute atomic E-state index is 13.9. The van der Waals surface area contributed by atoms with Crippen LogP contribution in [0, 0.1) is 13.8 Å². The van der Waals surface area contributed by atoms with E-state index in [9.17, 15) is 9.59 Å². The minimum atomic E-state index is -0.254. The van der Waals surface area contributed by atoms with Crippen LogP contribution in [-0.4, -0.2) is 60.6 Å². The van der Waals surface area contributed by atoms with Crippen LogP contribution < -0.4 is 4.74 Å². The van der Waals surface area contributed by atoms with Crippen molar-refractivity contribution in [3.05, 3.63) is 86.1 Å². The van der Waals surface area contributed by atoms with Crippen molar-refractivity contribution in [2.24, 2.45) is 0 Å². The fourth-order valence-electron chi connectivity index (χ4n) is 5.32. The SMILES string of the molecule is Cc1ccc(OC[C@@H]2c3ccsc3CCN2C(=O)CN(C[C@@H]2CCCO2)C(=O)c2ccccc2Cl)c(C)c1. The van der Waals surface area contributed by atoms with E-state index in [4.69, 9.17) is 21.1 Å². The van der Waals surface area contributed by atoms with Gasteiger partial charge in [0.1, 0.15) is 18.9 Å². The van der Waals surface area contributed by atoms with Crippen LogP contribution in [0.2, 0.25) is 5.02 Å². The van der Waals surface area contributed by atoms with Crippen molar-refractivity contribution < 1.29 is 19.1 Å². The van der Waals surface area contributed by atoms with E-state index in [0.717, 1.165) is 36.1 Å². The average molecular weight is 553 g/mol. The van der Waals surface area contributed by atoms with Crippen LogP contribution in [0.1, 0.15) is 50.8 Å². The summed E-state index contributed by atoms with van der Waals surface area (Å²) in [6.07, 6.45) is 2.54. The van der Waals surface area contributed by atoms with Crippen molar-refractivity contribution >= 4 is 34.8 Å². The molecule has 0 radical (unpaired) electrons. The molecule has 0 unspecified atom stereocenters. The van der Waals surface area contributed by atoms with Gasteiger partial charge in [-0.15, -0.1) is 11.3 Å². The van der Waals surface area contributed by atoms with Gasteiger partial charge in [0, 0.05) is 24.6 Å². The zero-order valence-electron chi connectivity index (χ0n) is 21.8. The molecule has 6 nitrogen and oxygen atoms in total. The Morgan fingerprint density at radius 3 is 2.79 bits per heavy atom. The lowest BCUT2D eigenvalue weighted by Crippen LogP contribution is -2.49. The van der Waals surface area contributed by atoms with E-state index in [1.165, 1.54) is 10.4 Å². The molecule has 1 aromatic heterocycles. The van der Waals surface area contributed by atoms with Gasteiger partial charge in [0.15, 0.2) is 0 Å². The van der Waals surface area contributed by atoms with E-state index in [1.54, 1.807) is 40.5 Å². The number of aryl methyl sites for hydroxylation is 2. The molecule has 0 N–H and O–H groups in total. The molecule has 0 spiro atoms. The van der Waals surface area contributed by atoms with E-state index >= 15 is 0 Å². The highest BCUT2D eigenvalue weighted by Gasteiger charge is 2.35. The Morgan fingerprint density at radius 1 is 1.18 bits per heavy atom. The maximum atomic E-state index is 13.9. The van der Waals surface area contributed by atoms with Gasteiger partial charge < -0.3 is 19.3 Å². The molecular formula is C30H33ClN2O4S. The maximum Gasteiger partial charge on any atom is 0.255 e. The Morgan fingerprint density at radius 2 is 2.03 bits per heavy atom. The first-order valence-corrected chi connectivity index (χ1v) is 14.4. The third-order valence-corrected chi connectivity index (χ3v) is 8.63. The van der Waals surface area contributed by atoms with Crippen LogP contribution in [0.5, 0.6) is 5.75 Å². The molecule has 200 valence electrons. The standard InChI is InChI=1S/C30H33ClN2O4S/c1-20-9-10-27(21(2)16-20)37-19-26-24-12-15-38-28(24)11-13-33(26)29(34)18-32(17-22-6-5-14-36-22)30(35)23-7-3-4-8-25(23)31/h3-4,7-10,12,15-16,22,26H,5-6,11,13-14,17-19H2,1-2H3/t22-,26+/m0/s1. The number of rotatable bonds is 8. The Kier molecular flexibility index (Phi) is 8.36. The molecule has 1 fully saturated rings. The number of hydrogen-bond acceptors (Lipinski definition) is 5. The Bertz CT molecular complexity index is 1300. The minimum Gasteiger partial charge on any atom is -0.491 e. The molecule has 2 aromatic carbocycles. The normalized spacial score (nSPS) is 18.8. The quantitative estimate of drug-likeness (QED) is 0.352. The van der Waals surface area contributed by atoms with E-state index in [1.807, 2.05) is 24.0 Å². The lowest BCUT2D eigenvalue weighted by atomic mass is 10.00. The molecule has 0 aliphatic carbocycles. The second-order valence-electron chi connectivity index (χ2n) is 10.0. The van der Waals surface area contributed by atoms with Gasteiger partial charge in [-0.05, 0) is 73.9 Å². The third kappa shape index (κ3) is 5.90. The molecule has 2 atom stereocenters. The fraction of sp³-hybridized carbons (Fsp3) is 0.400. The van der Waals surface area contributed by atoms with Crippen LogP contribution in [0.25, 0.3) is 0 Å². The molecule has 2 amide bonds. The van der Waals surface area contributed by atoms with Crippen LogP contribution in [0.3, 0.4) is 0 Å². The molecule has 38 heavy (non-hydrogen) atoms. The van der Waals surface area contributed by atoms with Crippen molar-refractivity contribution in [3.63, 3.8) is 0 Å². The zero-order valence-corrected chi connectivity index (χ0v) is 23.4. The summed E-state index contributed by atoms with van der Waals surface area (Å²) in [6.45, 7) is 6.02. The van der Waals surface area contributed by atoms with Crippen molar-refractivity contribution in [2.45, 2.75) is 45.3 Å². The molecule has 2 aliphatic heterocycles. The molecule has 1 saturated heterocycles. The topological polar surface area (TPSA) is 59.1 Å².